The molecule has 1 aliphatic rings. The minimum absolute atomic E-state index is 0.0512. The lowest BCUT2D eigenvalue weighted by Gasteiger charge is -2.15. The quantitative estimate of drug-likeness (QED) is 0.864. The fourth-order valence-corrected chi connectivity index (χ4v) is 3.07. The highest BCUT2D eigenvalue weighted by Crippen LogP contribution is 2.16. The molecule has 0 bridgehead atoms. The lowest BCUT2D eigenvalue weighted by Crippen LogP contribution is -2.33. The lowest BCUT2D eigenvalue weighted by molar-refractivity contribution is 0.172. The van der Waals surface area contributed by atoms with Crippen molar-refractivity contribution >= 4 is 9.84 Å². The van der Waals surface area contributed by atoms with E-state index in [-0.39, 0.29) is 23.9 Å². The molecule has 2 N–H and O–H groups in total. The van der Waals surface area contributed by atoms with Crippen molar-refractivity contribution in [1.29, 1.82) is 0 Å². The van der Waals surface area contributed by atoms with Crippen molar-refractivity contribution in [3.05, 3.63) is 46.9 Å². The predicted molar refractivity (Wildman–Crippen MR) is 66.0 cm³/mol. The highest BCUT2D eigenvalue weighted by atomic mass is 32.2. The highest BCUT2D eigenvalue weighted by molar-refractivity contribution is 7.94. The average Bonchev–Trinajstić information content (AvgIpc) is 2.69. The van der Waals surface area contributed by atoms with E-state index in [1.807, 2.05) is 0 Å². The fourth-order valence-electron chi connectivity index (χ4n) is 1.80. The summed E-state index contributed by atoms with van der Waals surface area (Å²) >= 11 is 0. The number of halogens is 2. The smallest absolute Gasteiger partial charge is 0.173 e. The van der Waals surface area contributed by atoms with Crippen LogP contribution < -0.4 is 5.32 Å². The normalized spacial score (nSPS) is 22.6. The first kappa shape index (κ1) is 14.1. The van der Waals surface area contributed by atoms with Gasteiger partial charge in [0.2, 0.25) is 0 Å². The maximum Gasteiger partial charge on any atom is 0.173 e. The van der Waals surface area contributed by atoms with E-state index in [2.05, 4.69) is 5.32 Å². The molecule has 7 heteroatoms. The van der Waals surface area contributed by atoms with Gasteiger partial charge in [0, 0.05) is 18.0 Å². The summed E-state index contributed by atoms with van der Waals surface area (Å²) in [6.07, 6.45) is 0.458. The van der Waals surface area contributed by atoms with Crippen LogP contribution in [0.1, 0.15) is 11.7 Å². The lowest BCUT2D eigenvalue weighted by atomic mass is 10.1. The summed E-state index contributed by atoms with van der Waals surface area (Å²) in [6.45, 7) is 0.0512. The third-order valence-corrected chi connectivity index (χ3v) is 4.23. The topological polar surface area (TPSA) is 66.4 Å². The van der Waals surface area contributed by atoms with Crippen molar-refractivity contribution in [3.63, 3.8) is 0 Å². The van der Waals surface area contributed by atoms with E-state index in [4.69, 9.17) is 0 Å². The van der Waals surface area contributed by atoms with Crippen molar-refractivity contribution in [2.24, 2.45) is 0 Å². The van der Waals surface area contributed by atoms with Gasteiger partial charge in [-0.25, -0.2) is 17.2 Å². The van der Waals surface area contributed by atoms with Crippen LogP contribution in [0.5, 0.6) is 0 Å². The minimum Gasteiger partial charge on any atom is -0.387 e. The predicted octanol–water partition coefficient (Wildman–Crippen LogP) is 0.898. The van der Waals surface area contributed by atoms with Gasteiger partial charge in [-0.15, -0.1) is 0 Å². The van der Waals surface area contributed by atoms with Crippen LogP contribution in [0, 0.1) is 11.6 Å². The molecule has 0 aromatic heterocycles. The molecule has 0 saturated carbocycles. The molecule has 0 aliphatic carbocycles. The third kappa shape index (κ3) is 3.59. The number of aliphatic hydroxyl groups is 1. The van der Waals surface area contributed by atoms with Crippen LogP contribution in [-0.2, 0) is 9.84 Å². The Kier molecular flexibility index (Phi) is 3.98. The zero-order chi connectivity index (χ0) is 14.0. The van der Waals surface area contributed by atoms with E-state index >= 15 is 0 Å². The second kappa shape index (κ2) is 5.36. The summed E-state index contributed by atoms with van der Waals surface area (Å²) in [5.74, 6) is -2.06. The zero-order valence-electron chi connectivity index (χ0n) is 9.88. The van der Waals surface area contributed by atoms with Crippen molar-refractivity contribution in [3.8, 4) is 0 Å². The van der Waals surface area contributed by atoms with Crippen LogP contribution in [0.15, 0.2) is 29.7 Å². The number of rotatable bonds is 4. The first-order chi connectivity index (χ1) is 8.87. The molecule has 0 radical (unpaired) electrons. The van der Waals surface area contributed by atoms with Gasteiger partial charge in [0.1, 0.15) is 0 Å². The second-order valence-corrected chi connectivity index (χ2v) is 6.29. The molecule has 2 unspecified atom stereocenters. The van der Waals surface area contributed by atoms with Gasteiger partial charge < -0.3 is 10.4 Å². The Morgan fingerprint density at radius 3 is 2.68 bits per heavy atom. The Morgan fingerprint density at radius 2 is 2.11 bits per heavy atom. The van der Waals surface area contributed by atoms with Gasteiger partial charge in [0.15, 0.2) is 21.5 Å². The summed E-state index contributed by atoms with van der Waals surface area (Å²) < 4.78 is 48.0. The molecule has 0 spiro atoms. The third-order valence-electron chi connectivity index (χ3n) is 2.83. The van der Waals surface area contributed by atoms with Gasteiger partial charge >= 0.3 is 0 Å². The van der Waals surface area contributed by atoms with Crippen LogP contribution in [0.2, 0.25) is 0 Å². The molecular formula is C12H13F2NO3S. The molecular weight excluding hydrogens is 276 g/mol. The molecule has 19 heavy (non-hydrogen) atoms. The minimum atomic E-state index is -3.15. The largest absolute Gasteiger partial charge is 0.387 e. The van der Waals surface area contributed by atoms with Gasteiger partial charge in [-0.05, 0) is 17.7 Å². The molecule has 1 aliphatic heterocycles. The van der Waals surface area contributed by atoms with Crippen molar-refractivity contribution in [2.75, 3.05) is 12.3 Å². The van der Waals surface area contributed by atoms with Gasteiger partial charge in [0.05, 0.1) is 11.9 Å². The maximum absolute atomic E-state index is 13.0. The van der Waals surface area contributed by atoms with Crippen LogP contribution in [0.3, 0.4) is 0 Å². The van der Waals surface area contributed by atoms with Gasteiger partial charge in [-0.2, -0.15) is 0 Å². The maximum atomic E-state index is 13.0. The standard InChI is InChI=1S/C12H13F2NO3S/c13-10-2-1-8(5-11(10)14)12(16)6-15-9-3-4-19(17,18)7-9/h1-5,9,12,15-16H,6-7H2. The van der Waals surface area contributed by atoms with Crippen LogP contribution in [0.25, 0.3) is 0 Å². The van der Waals surface area contributed by atoms with Crippen molar-refractivity contribution in [2.45, 2.75) is 12.1 Å². The first-order valence-corrected chi connectivity index (χ1v) is 7.36. The summed E-state index contributed by atoms with van der Waals surface area (Å²) in [5.41, 5.74) is 0.233. The molecule has 1 aromatic carbocycles. The molecule has 4 nitrogen and oxygen atoms in total. The van der Waals surface area contributed by atoms with E-state index in [1.54, 1.807) is 0 Å². The van der Waals surface area contributed by atoms with E-state index in [1.165, 1.54) is 12.1 Å². The molecule has 104 valence electrons. The Morgan fingerprint density at radius 1 is 1.37 bits per heavy atom. The van der Waals surface area contributed by atoms with E-state index in [0.29, 0.717) is 0 Å². The van der Waals surface area contributed by atoms with Gasteiger partial charge in [-0.1, -0.05) is 12.1 Å². The molecule has 0 saturated heterocycles. The number of hydrogen-bond donors (Lipinski definition) is 2. The van der Waals surface area contributed by atoms with Crippen LogP contribution in [0.4, 0.5) is 8.78 Å². The van der Waals surface area contributed by atoms with E-state index in [9.17, 15) is 22.3 Å². The van der Waals surface area contributed by atoms with Crippen LogP contribution >= 0.6 is 0 Å². The summed E-state index contributed by atoms with van der Waals surface area (Å²) in [5, 5.41) is 13.8. The second-order valence-electron chi connectivity index (χ2n) is 4.36. The summed E-state index contributed by atoms with van der Waals surface area (Å²) in [6, 6.07) is 2.77. The number of hydrogen-bond acceptors (Lipinski definition) is 4. The van der Waals surface area contributed by atoms with E-state index < -0.39 is 27.6 Å². The molecule has 2 atom stereocenters. The Hall–Kier alpha value is -1.31. The number of aliphatic hydroxyl groups excluding tert-OH is 1. The monoisotopic (exact) mass is 289 g/mol. The van der Waals surface area contributed by atoms with Crippen molar-refractivity contribution < 1.29 is 22.3 Å². The Bertz CT molecular complexity index is 601. The van der Waals surface area contributed by atoms with Crippen LogP contribution in [-0.4, -0.2) is 31.9 Å². The zero-order valence-corrected chi connectivity index (χ0v) is 10.7. The number of sulfone groups is 1. The SMILES string of the molecule is O=S1(=O)C=CC(NCC(O)c2ccc(F)c(F)c2)C1. The number of benzene rings is 1. The molecule has 0 amide bonds. The molecule has 0 fully saturated rings. The molecule has 1 aromatic rings. The summed E-state index contributed by atoms with van der Waals surface area (Å²) in [7, 11) is -3.15. The van der Waals surface area contributed by atoms with E-state index in [0.717, 1.165) is 17.5 Å². The van der Waals surface area contributed by atoms with Gasteiger partial charge in [0.25, 0.3) is 0 Å². The molecule has 1 heterocycles. The Labute approximate surface area is 109 Å². The average molecular weight is 289 g/mol. The Balaban J connectivity index is 1.93. The fraction of sp³-hybridized carbons (Fsp3) is 0.333. The summed E-state index contributed by atoms with van der Waals surface area (Å²) in [4.78, 5) is 0. The van der Waals surface area contributed by atoms with Gasteiger partial charge in [-0.3, -0.25) is 0 Å². The molecule has 2 rings (SSSR count). The van der Waals surface area contributed by atoms with Crippen molar-refractivity contribution in [1.82, 2.24) is 5.32 Å². The highest BCUT2D eigenvalue weighted by Gasteiger charge is 2.22. The first-order valence-electron chi connectivity index (χ1n) is 5.65. The number of nitrogens with one attached hydrogen (secondary N) is 1.